The van der Waals surface area contributed by atoms with E-state index in [2.05, 4.69) is 68.5 Å². The van der Waals surface area contributed by atoms with Crippen LogP contribution in [0.25, 0.3) is 0 Å². The molecule has 0 aromatic carbocycles. The normalized spacial score (nSPS) is 45.9. The molecule has 204 valence electrons. The molecule has 0 aromatic heterocycles. The van der Waals surface area contributed by atoms with Gasteiger partial charge in [-0.3, -0.25) is 0 Å². The van der Waals surface area contributed by atoms with E-state index in [-0.39, 0.29) is 5.04 Å². The Kier molecular flexibility index (Phi) is 7.56. The van der Waals surface area contributed by atoms with Crippen LogP contribution in [0.4, 0.5) is 0 Å². The average Bonchev–Trinajstić information content (AvgIpc) is 3.11. The van der Waals surface area contributed by atoms with E-state index in [9.17, 15) is 5.11 Å². The number of hydrogen-bond donors (Lipinski definition) is 1. The Morgan fingerprint density at radius 1 is 0.886 bits per heavy atom. The van der Waals surface area contributed by atoms with E-state index >= 15 is 0 Å². The van der Waals surface area contributed by atoms with Gasteiger partial charge in [0.2, 0.25) is 0 Å². The zero-order valence-corrected chi connectivity index (χ0v) is 26.2. The summed E-state index contributed by atoms with van der Waals surface area (Å²) in [6.07, 6.45) is 14.5. The van der Waals surface area contributed by atoms with Crippen molar-refractivity contribution in [3.8, 4) is 0 Å². The molecule has 35 heavy (non-hydrogen) atoms. The Morgan fingerprint density at radius 2 is 1.51 bits per heavy atom. The van der Waals surface area contributed by atoms with Crippen molar-refractivity contribution >= 4 is 8.32 Å². The van der Waals surface area contributed by atoms with E-state index < -0.39 is 13.9 Å². The molecule has 0 bridgehead atoms. The second-order valence-electron chi connectivity index (χ2n) is 16.2. The molecule has 10 atom stereocenters. The van der Waals surface area contributed by atoms with Gasteiger partial charge in [-0.05, 0) is 123 Å². The van der Waals surface area contributed by atoms with Gasteiger partial charge >= 0.3 is 0 Å². The third-order valence-corrected chi connectivity index (χ3v) is 17.5. The van der Waals surface area contributed by atoms with Gasteiger partial charge in [0, 0.05) is 6.10 Å². The number of hydrogen-bond acceptors (Lipinski definition) is 2. The molecule has 0 amide bonds. The van der Waals surface area contributed by atoms with Crippen molar-refractivity contribution in [2.45, 2.75) is 156 Å². The SMILES string of the molecule is CCCC[C@](C)(O)[C@H]1CC[C@H]2[C@@H]3C[C@H](O[Si](C)(C)C(C)(C)C)[C@H]4C[C@@H](C)CC[C@]4(C)[C@H]3CC[C@@]21C. The van der Waals surface area contributed by atoms with E-state index in [0.717, 1.165) is 42.4 Å². The molecule has 4 rings (SSSR count). The quantitative estimate of drug-likeness (QED) is 0.365. The lowest BCUT2D eigenvalue weighted by atomic mass is 9.43. The van der Waals surface area contributed by atoms with E-state index in [0.29, 0.717) is 22.9 Å². The van der Waals surface area contributed by atoms with Gasteiger partial charge in [-0.25, -0.2) is 0 Å². The van der Waals surface area contributed by atoms with Gasteiger partial charge in [-0.1, -0.05) is 67.7 Å². The van der Waals surface area contributed by atoms with Gasteiger partial charge in [0.05, 0.1) is 5.60 Å². The van der Waals surface area contributed by atoms with E-state index in [1.54, 1.807) is 0 Å². The fraction of sp³-hybridized carbons (Fsp3) is 1.00. The Labute approximate surface area is 219 Å². The summed E-state index contributed by atoms with van der Waals surface area (Å²) in [4.78, 5) is 0. The molecule has 4 saturated carbocycles. The topological polar surface area (TPSA) is 29.5 Å². The first-order valence-corrected chi connectivity index (χ1v) is 18.4. The summed E-state index contributed by atoms with van der Waals surface area (Å²) in [6, 6.07) is 0. The minimum absolute atomic E-state index is 0.262. The molecule has 1 N–H and O–H groups in total. The molecule has 0 radical (unpaired) electrons. The van der Waals surface area contributed by atoms with Crippen LogP contribution in [0.5, 0.6) is 0 Å². The number of unbranched alkanes of at least 4 members (excludes halogenated alkanes) is 1. The summed E-state index contributed by atoms with van der Waals surface area (Å²) in [7, 11) is -1.83. The summed E-state index contributed by atoms with van der Waals surface area (Å²) < 4.78 is 7.39. The van der Waals surface area contributed by atoms with Crippen molar-refractivity contribution in [3.05, 3.63) is 0 Å². The molecule has 0 aliphatic heterocycles. The van der Waals surface area contributed by atoms with Gasteiger partial charge in [0.25, 0.3) is 0 Å². The lowest BCUT2D eigenvalue weighted by Crippen LogP contribution is -2.60. The summed E-state index contributed by atoms with van der Waals surface area (Å²) in [5.74, 6) is 4.44. The maximum absolute atomic E-state index is 11.7. The summed E-state index contributed by atoms with van der Waals surface area (Å²) in [5.41, 5.74) is 0.225. The Hall–Kier alpha value is 0.137. The third kappa shape index (κ3) is 4.75. The number of fused-ring (bicyclic) bond motifs is 5. The fourth-order valence-electron chi connectivity index (χ4n) is 9.88. The van der Waals surface area contributed by atoms with Gasteiger partial charge in [-0.2, -0.15) is 0 Å². The van der Waals surface area contributed by atoms with Crippen LogP contribution in [-0.4, -0.2) is 25.1 Å². The molecular formula is C32H60O2Si. The van der Waals surface area contributed by atoms with Crippen LogP contribution >= 0.6 is 0 Å². The Morgan fingerprint density at radius 3 is 2.14 bits per heavy atom. The summed E-state index contributed by atoms with van der Waals surface area (Å²) >= 11 is 0. The van der Waals surface area contributed by atoms with Crippen LogP contribution in [0.2, 0.25) is 18.1 Å². The molecule has 4 aliphatic rings. The second-order valence-corrected chi connectivity index (χ2v) is 20.9. The van der Waals surface area contributed by atoms with Crippen LogP contribution in [0.15, 0.2) is 0 Å². The van der Waals surface area contributed by atoms with Crippen LogP contribution in [0.1, 0.15) is 126 Å². The summed E-state index contributed by atoms with van der Waals surface area (Å²) in [5, 5.41) is 11.9. The third-order valence-electron chi connectivity index (χ3n) is 13.0. The lowest BCUT2D eigenvalue weighted by molar-refractivity contribution is -0.170. The zero-order chi connectivity index (χ0) is 26.0. The Balaban J connectivity index is 1.66. The van der Waals surface area contributed by atoms with E-state index in [1.807, 2.05) is 0 Å². The molecule has 0 unspecified atom stereocenters. The maximum Gasteiger partial charge on any atom is 0.192 e. The van der Waals surface area contributed by atoms with Crippen molar-refractivity contribution in [1.29, 1.82) is 0 Å². The van der Waals surface area contributed by atoms with Gasteiger partial charge < -0.3 is 9.53 Å². The fourth-order valence-corrected chi connectivity index (χ4v) is 11.3. The van der Waals surface area contributed by atoms with Crippen molar-refractivity contribution in [3.63, 3.8) is 0 Å². The first kappa shape index (κ1) is 28.2. The molecule has 4 fully saturated rings. The predicted molar refractivity (Wildman–Crippen MR) is 152 cm³/mol. The molecule has 2 nitrogen and oxygen atoms in total. The molecule has 3 heteroatoms. The lowest BCUT2D eigenvalue weighted by Gasteiger charge is -2.64. The first-order chi connectivity index (χ1) is 16.1. The molecular weight excluding hydrogens is 444 g/mol. The van der Waals surface area contributed by atoms with E-state index in [4.69, 9.17) is 4.43 Å². The minimum Gasteiger partial charge on any atom is -0.414 e. The molecule has 0 spiro atoms. The van der Waals surface area contributed by atoms with Crippen LogP contribution < -0.4 is 0 Å². The van der Waals surface area contributed by atoms with Gasteiger partial charge in [0.15, 0.2) is 8.32 Å². The molecule has 0 heterocycles. The zero-order valence-electron chi connectivity index (χ0n) is 25.2. The van der Waals surface area contributed by atoms with Crippen molar-refractivity contribution < 1.29 is 9.53 Å². The highest BCUT2D eigenvalue weighted by atomic mass is 28.4. The number of aliphatic hydroxyl groups is 1. The smallest absolute Gasteiger partial charge is 0.192 e. The predicted octanol–water partition coefficient (Wildman–Crippen LogP) is 9.22. The highest BCUT2D eigenvalue weighted by molar-refractivity contribution is 6.74. The average molecular weight is 505 g/mol. The molecule has 0 aromatic rings. The van der Waals surface area contributed by atoms with Gasteiger partial charge in [-0.15, -0.1) is 0 Å². The van der Waals surface area contributed by atoms with E-state index in [1.165, 1.54) is 57.8 Å². The van der Waals surface area contributed by atoms with Crippen molar-refractivity contribution in [1.82, 2.24) is 0 Å². The minimum atomic E-state index is -1.83. The monoisotopic (exact) mass is 504 g/mol. The second kappa shape index (κ2) is 9.40. The molecule has 4 aliphatic carbocycles. The van der Waals surface area contributed by atoms with Crippen LogP contribution in [-0.2, 0) is 4.43 Å². The largest absolute Gasteiger partial charge is 0.414 e. The number of rotatable bonds is 6. The highest BCUT2D eigenvalue weighted by Crippen LogP contribution is 2.69. The van der Waals surface area contributed by atoms with Crippen LogP contribution in [0, 0.1) is 46.3 Å². The standard InChI is InChI=1S/C32H60O2Si/c1-11-12-17-32(8,33)28-14-13-24-23-21-27(34-35(9,10)29(3,4)5)26-20-22(2)15-18-30(26,6)25(23)16-19-31(24,28)7/h22-28,33H,11-21H2,1-10H3/t22-,23-,24-,25-,26+,27-,28-,30+,31-,32-/m0/s1. The van der Waals surface area contributed by atoms with Crippen molar-refractivity contribution in [2.75, 3.05) is 0 Å². The van der Waals surface area contributed by atoms with Gasteiger partial charge in [0.1, 0.15) is 0 Å². The Bertz CT molecular complexity index is 753. The summed E-state index contributed by atoms with van der Waals surface area (Å²) in [6.45, 7) is 24.4. The highest BCUT2D eigenvalue weighted by Gasteiger charge is 2.64. The van der Waals surface area contributed by atoms with Crippen molar-refractivity contribution in [2.24, 2.45) is 46.3 Å². The molecule has 0 saturated heterocycles. The van der Waals surface area contributed by atoms with Crippen LogP contribution in [0.3, 0.4) is 0 Å². The first-order valence-electron chi connectivity index (χ1n) is 15.5. The maximum atomic E-state index is 11.7.